The maximum Gasteiger partial charge on any atom is 0.231 e. The Balaban J connectivity index is 2.38. The molecule has 0 aliphatic carbocycles. The highest BCUT2D eigenvalue weighted by atomic mass is 79.9. The molecule has 1 amide bonds. The van der Waals surface area contributed by atoms with Crippen molar-refractivity contribution in [3.63, 3.8) is 0 Å². The van der Waals surface area contributed by atoms with Gasteiger partial charge in [0.15, 0.2) is 0 Å². The molecule has 0 unspecified atom stereocenters. The number of amides is 1. The Morgan fingerprint density at radius 3 is 2.71 bits per heavy atom. The third-order valence-corrected chi connectivity index (χ3v) is 3.30. The molecule has 1 atom stereocenters. The largest absolute Gasteiger partial charge is 0.349 e. The molecule has 0 saturated carbocycles. The first-order chi connectivity index (χ1) is 8.22. The highest BCUT2D eigenvalue weighted by molar-refractivity contribution is 9.09. The Morgan fingerprint density at radius 1 is 1.24 bits per heavy atom. The van der Waals surface area contributed by atoms with E-state index in [1.807, 2.05) is 25.1 Å². The first kappa shape index (κ1) is 12.1. The number of alkyl halides is 1. The van der Waals surface area contributed by atoms with Gasteiger partial charge in [-0.15, -0.1) is 0 Å². The first-order valence-corrected chi connectivity index (χ1v) is 6.67. The van der Waals surface area contributed by atoms with E-state index in [0.717, 1.165) is 5.56 Å². The first-order valence-electron chi connectivity index (χ1n) is 5.55. The van der Waals surface area contributed by atoms with Gasteiger partial charge in [0.2, 0.25) is 5.91 Å². The van der Waals surface area contributed by atoms with Crippen molar-refractivity contribution in [3.05, 3.63) is 48.0 Å². The molecule has 1 N–H and O–H groups in total. The van der Waals surface area contributed by atoms with E-state index in [0.29, 0.717) is 5.33 Å². The Hall–Kier alpha value is -1.35. The minimum Gasteiger partial charge on any atom is -0.349 e. The van der Waals surface area contributed by atoms with E-state index in [9.17, 15) is 4.79 Å². The minimum absolute atomic E-state index is 0.00503. The van der Waals surface area contributed by atoms with Crippen molar-refractivity contribution in [2.24, 2.45) is 0 Å². The normalized spacial score (nSPS) is 12.4. The third kappa shape index (κ3) is 2.67. The van der Waals surface area contributed by atoms with E-state index in [-0.39, 0.29) is 11.9 Å². The van der Waals surface area contributed by atoms with Crippen LogP contribution in [0.3, 0.4) is 0 Å². The molecule has 0 spiro atoms. The van der Waals surface area contributed by atoms with Crippen LogP contribution in [0.4, 0.5) is 0 Å². The number of benzene rings is 2. The summed E-state index contributed by atoms with van der Waals surface area (Å²) in [6, 6.07) is 14.4. The standard InChI is InChI=1S/C14H14BrNO/c1-10(16-14(17)9-15)12-8-4-6-11-5-2-3-7-13(11)12/h2-8,10H,9H2,1H3,(H,16,17)/t10-/m1/s1. The van der Waals surface area contributed by atoms with Gasteiger partial charge in [-0.25, -0.2) is 0 Å². The fourth-order valence-corrected chi connectivity index (χ4v) is 2.15. The molecule has 0 aliphatic heterocycles. The van der Waals surface area contributed by atoms with Crippen LogP contribution in [0.1, 0.15) is 18.5 Å². The zero-order valence-electron chi connectivity index (χ0n) is 9.61. The van der Waals surface area contributed by atoms with Gasteiger partial charge in [0.25, 0.3) is 0 Å². The average Bonchev–Trinajstić information content (AvgIpc) is 2.37. The van der Waals surface area contributed by atoms with Crippen LogP contribution in [0.5, 0.6) is 0 Å². The molecule has 0 aliphatic rings. The van der Waals surface area contributed by atoms with Gasteiger partial charge >= 0.3 is 0 Å². The number of carbonyl (C=O) groups excluding carboxylic acids is 1. The van der Waals surface area contributed by atoms with Gasteiger partial charge in [0.1, 0.15) is 0 Å². The maximum atomic E-state index is 11.4. The van der Waals surface area contributed by atoms with Crippen molar-refractivity contribution in [1.29, 1.82) is 0 Å². The van der Waals surface area contributed by atoms with Crippen LogP contribution in [0.15, 0.2) is 42.5 Å². The number of halogens is 1. The molecule has 0 saturated heterocycles. The summed E-state index contributed by atoms with van der Waals surface area (Å²) in [5.41, 5.74) is 1.15. The van der Waals surface area contributed by atoms with Gasteiger partial charge in [-0.2, -0.15) is 0 Å². The molecule has 0 aromatic heterocycles. The lowest BCUT2D eigenvalue weighted by atomic mass is 10.00. The smallest absolute Gasteiger partial charge is 0.231 e. The van der Waals surface area contributed by atoms with Crippen LogP contribution >= 0.6 is 15.9 Å². The third-order valence-electron chi connectivity index (χ3n) is 2.79. The quantitative estimate of drug-likeness (QED) is 0.863. The molecule has 2 nitrogen and oxygen atoms in total. The summed E-state index contributed by atoms with van der Waals surface area (Å²) in [4.78, 5) is 11.4. The molecule has 88 valence electrons. The lowest BCUT2D eigenvalue weighted by Crippen LogP contribution is -2.27. The topological polar surface area (TPSA) is 29.1 Å². The van der Waals surface area contributed by atoms with Crippen LogP contribution in [-0.4, -0.2) is 11.2 Å². The van der Waals surface area contributed by atoms with Crippen molar-refractivity contribution >= 4 is 32.6 Å². The molecular formula is C14H14BrNO. The fourth-order valence-electron chi connectivity index (χ4n) is 1.99. The van der Waals surface area contributed by atoms with E-state index in [4.69, 9.17) is 0 Å². The summed E-state index contributed by atoms with van der Waals surface area (Å²) in [6.07, 6.45) is 0. The summed E-state index contributed by atoms with van der Waals surface area (Å²) >= 11 is 3.15. The number of carbonyl (C=O) groups is 1. The van der Waals surface area contributed by atoms with Crippen LogP contribution in [0.25, 0.3) is 10.8 Å². The Labute approximate surface area is 109 Å². The average molecular weight is 292 g/mol. The van der Waals surface area contributed by atoms with Crippen molar-refractivity contribution in [3.8, 4) is 0 Å². The highest BCUT2D eigenvalue weighted by Crippen LogP contribution is 2.23. The number of fused-ring (bicyclic) bond motifs is 1. The SMILES string of the molecule is C[C@@H](NC(=O)CBr)c1cccc2ccccc12. The van der Waals surface area contributed by atoms with Crippen LogP contribution in [-0.2, 0) is 4.79 Å². The van der Waals surface area contributed by atoms with Gasteiger partial charge in [-0.05, 0) is 23.3 Å². The molecule has 0 radical (unpaired) electrons. The molecule has 0 bridgehead atoms. The van der Waals surface area contributed by atoms with Crippen molar-refractivity contribution < 1.29 is 4.79 Å². The van der Waals surface area contributed by atoms with Crippen LogP contribution in [0, 0.1) is 0 Å². The zero-order valence-corrected chi connectivity index (χ0v) is 11.2. The maximum absolute atomic E-state index is 11.4. The van der Waals surface area contributed by atoms with E-state index in [1.54, 1.807) is 0 Å². The van der Waals surface area contributed by atoms with Crippen molar-refractivity contribution in [1.82, 2.24) is 5.32 Å². The van der Waals surface area contributed by atoms with Gasteiger partial charge in [0, 0.05) is 0 Å². The van der Waals surface area contributed by atoms with Gasteiger partial charge in [0.05, 0.1) is 11.4 Å². The Kier molecular flexibility index (Phi) is 3.79. The second kappa shape index (κ2) is 5.32. The monoisotopic (exact) mass is 291 g/mol. The van der Waals surface area contributed by atoms with Gasteiger partial charge < -0.3 is 5.32 Å². The van der Waals surface area contributed by atoms with Crippen molar-refractivity contribution in [2.75, 3.05) is 5.33 Å². The summed E-state index contributed by atoms with van der Waals surface area (Å²) in [7, 11) is 0. The molecular weight excluding hydrogens is 278 g/mol. The highest BCUT2D eigenvalue weighted by Gasteiger charge is 2.10. The summed E-state index contributed by atoms with van der Waals surface area (Å²) < 4.78 is 0. The molecule has 0 fully saturated rings. The number of hydrogen-bond acceptors (Lipinski definition) is 1. The lowest BCUT2D eigenvalue weighted by molar-refractivity contribution is -0.119. The molecule has 3 heteroatoms. The zero-order chi connectivity index (χ0) is 12.3. The van der Waals surface area contributed by atoms with Gasteiger partial charge in [-0.1, -0.05) is 58.4 Å². The Bertz CT molecular complexity index is 533. The van der Waals surface area contributed by atoms with E-state index < -0.39 is 0 Å². The summed E-state index contributed by atoms with van der Waals surface area (Å²) in [5, 5.41) is 5.68. The van der Waals surface area contributed by atoms with E-state index >= 15 is 0 Å². The van der Waals surface area contributed by atoms with Crippen molar-refractivity contribution in [2.45, 2.75) is 13.0 Å². The number of rotatable bonds is 3. The van der Waals surface area contributed by atoms with Gasteiger partial charge in [-0.3, -0.25) is 4.79 Å². The number of hydrogen-bond donors (Lipinski definition) is 1. The predicted molar refractivity (Wildman–Crippen MR) is 74.3 cm³/mol. The molecule has 2 rings (SSSR count). The van der Waals surface area contributed by atoms with E-state index in [2.05, 4.69) is 45.5 Å². The van der Waals surface area contributed by atoms with Crippen LogP contribution in [0.2, 0.25) is 0 Å². The summed E-state index contributed by atoms with van der Waals surface area (Å²) in [6.45, 7) is 2.00. The van der Waals surface area contributed by atoms with E-state index in [1.165, 1.54) is 10.8 Å². The predicted octanol–water partition coefficient (Wildman–Crippen LogP) is 3.41. The molecule has 17 heavy (non-hydrogen) atoms. The number of nitrogens with one attached hydrogen (secondary N) is 1. The second-order valence-corrected chi connectivity index (χ2v) is 4.55. The minimum atomic E-state index is 0.00503. The Morgan fingerprint density at radius 2 is 1.94 bits per heavy atom. The lowest BCUT2D eigenvalue weighted by Gasteiger charge is -2.15. The molecule has 0 heterocycles. The second-order valence-electron chi connectivity index (χ2n) is 3.99. The van der Waals surface area contributed by atoms with Crippen LogP contribution < -0.4 is 5.32 Å². The molecule has 2 aromatic carbocycles. The molecule has 2 aromatic rings. The summed E-state index contributed by atoms with van der Waals surface area (Å²) in [5.74, 6) is 0.00503. The fraction of sp³-hybridized carbons (Fsp3) is 0.214.